The number of benzene rings is 2. The Bertz CT molecular complexity index is 729. The van der Waals surface area contributed by atoms with Gasteiger partial charge in [0.2, 0.25) is 0 Å². The van der Waals surface area contributed by atoms with E-state index in [0.717, 1.165) is 15.7 Å². The van der Waals surface area contributed by atoms with Crippen molar-refractivity contribution in [2.24, 2.45) is 0 Å². The van der Waals surface area contributed by atoms with Gasteiger partial charge in [-0.1, -0.05) is 27.5 Å². The van der Waals surface area contributed by atoms with Crippen LogP contribution in [0.1, 0.15) is 11.1 Å². The molecular weight excluding hydrogens is 368 g/mol. The third-order valence-electron chi connectivity index (χ3n) is 3.13. The van der Waals surface area contributed by atoms with Crippen molar-refractivity contribution in [3.8, 4) is 17.6 Å². The second-order valence-corrected chi connectivity index (χ2v) is 5.72. The van der Waals surface area contributed by atoms with Crippen LogP contribution >= 0.6 is 27.5 Å². The molecule has 0 amide bonds. The van der Waals surface area contributed by atoms with Crippen LogP contribution in [-0.2, 0) is 6.54 Å². The third kappa shape index (κ3) is 3.65. The number of nitrogens with one attached hydrogen (secondary N) is 1. The Morgan fingerprint density at radius 2 is 1.86 bits per heavy atom. The predicted octanol–water partition coefficient (Wildman–Crippen LogP) is 4.60. The molecule has 6 heteroatoms. The molecule has 114 valence electrons. The summed E-state index contributed by atoms with van der Waals surface area (Å²) in [5.74, 6) is 1.33. The standard InChI is InChI=1S/C16H14BrClN2O2/c1-21-15-5-11(13(17)7-16(15)22-2)9-20-12-4-3-10(8-19)14(18)6-12/h3-7,20H,9H2,1-2H3. The molecule has 4 nitrogen and oxygen atoms in total. The van der Waals surface area contributed by atoms with Crippen LogP contribution in [0.2, 0.25) is 5.02 Å². The maximum atomic E-state index is 8.87. The average molecular weight is 382 g/mol. The van der Waals surface area contributed by atoms with E-state index >= 15 is 0 Å². The SMILES string of the molecule is COc1cc(Br)c(CNc2ccc(C#N)c(Cl)c2)cc1OC. The molecule has 0 aliphatic carbocycles. The zero-order chi connectivity index (χ0) is 16.1. The number of halogens is 2. The van der Waals surface area contributed by atoms with Crippen LogP contribution in [0.3, 0.4) is 0 Å². The molecule has 22 heavy (non-hydrogen) atoms. The average Bonchev–Trinajstić information content (AvgIpc) is 2.53. The van der Waals surface area contributed by atoms with Gasteiger partial charge >= 0.3 is 0 Å². The highest BCUT2D eigenvalue weighted by atomic mass is 79.9. The van der Waals surface area contributed by atoms with E-state index in [-0.39, 0.29) is 0 Å². The van der Waals surface area contributed by atoms with Crippen LogP contribution < -0.4 is 14.8 Å². The third-order valence-corrected chi connectivity index (χ3v) is 4.18. The molecule has 0 saturated carbocycles. The van der Waals surface area contributed by atoms with Crippen molar-refractivity contribution in [1.29, 1.82) is 5.26 Å². The van der Waals surface area contributed by atoms with Crippen molar-refractivity contribution in [1.82, 2.24) is 0 Å². The number of hydrogen-bond donors (Lipinski definition) is 1. The smallest absolute Gasteiger partial charge is 0.161 e. The molecule has 0 bridgehead atoms. The number of methoxy groups -OCH3 is 2. The number of hydrogen-bond acceptors (Lipinski definition) is 4. The zero-order valence-electron chi connectivity index (χ0n) is 12.1. The van der Waals surface area contributed by atoms with Crippen molar-refractivity contribution in [2.45, 2.75) is 6.54 Å². The molecule has 0 spiro atoms. The van der Waals surface area contributed by atoms with Gasteiger partial charge in [-0.25, -0.2) is 0 Å². The number of anilines is 1. The first-order valence-electron chi connectivity index (χ1n) is 6.43. The molecule has 2 rings (SSSR count). The van der Waals surface area contributed by atoms with E-state index in [0.29, 0.717) is 28.6 Å². The Morgan fingerprint density at radius 3 is 2.45 bits per heavy atom. The van der Waals surface area contributed by atoms with Gasteiger partial charge in [0.15, 0.2) is 11.5 Å². The summed E-state index contributed by atoms with van der Waals surface area (Å²) in [7, 11) is 3.20. The highest BCUT2D eigenvalue weighted by molar-refractivity contribution is 9.10. The predicted molar refractivity (Wildman–Crippen MR) is 90.7 cm³/mol. The monoisotopic (exact) mass is 380 g/mol. The van der Waals surface area contributed by atoms with Crippen molar-refractivity contribution < 1.29 is 9.47 Å². The zero-order valence-corrected chi connectivity index (χ0v) is 14.5. The molecule has 0 aliphatic heterocycles. The van der Waals surface area contributed by atoms with Gasteiger partial charge in [-0.2, -0.15) is 5.26 Å². The number of nitriles is 1. The fraction of sp³-hybridized carbons (Fsp3) is 0.188. The lowest BCUT2D eigenvalue weighted by Crippen LogP contribution is -2.02. The van der Waals surface area contributed by atoms with Crippen LogP contribution in [0.25, 0.3) is 0 Å². The van der Waals surface area contributed by atoms with Gasteiger partial charge in [0.05, 0.1) is 24.8 Å². The number of rotatable bonds is 5. The Hall–Kier alpha value is -1.90. The van der Waals surface area contributed by atoms with Crippen LogP contribution in [0, 0.1) is 11.3 Å². The normalized spacial score (nSPS) is 9.95. The topological polar surface area (TPSA) is 54.3 Å². The van der Waals surface area contributed by atoms with Crippen LogP contribution in [0.5, 0.6) is 11.5 Å². The summed E-state index contributed by atoms with van der Waals surface area (Å²) in [5, 5.41) is 12.6. The van der Waals surface area contributed by atoms with Crippen molar-refractivity contribution >= 4 is 33.2 Å². The molecule has 0 heterocycles. The minimum absolute atomic E-state index is 0.430. The van der Waals surface area contributed by atoms with Crippen LogP contribution in [0.4, 0.5) is 5.69 Å². The highest BCUT2D eigenvalue weighted by Gasteiger charge is 2.09. The fourth-order valence-electron chi connectivity index (χ4n) is 1.94. The van der Waals surface area contributed by atoms with E-state index in [2.05, 4.69) is 21.2 Å². The number of nitrogens with zero attached hydrogens (tertiary/aromatic N) is 1. The summed E-state index contributed by atoms with van der Waals surface area (Å²) in [6.07, 6.45) is 0. The molecular formula is C16H14BrClN2O2. The van der Waals surface area contributed by atoms with Gasteiger partial charge < -0.3 is 14.8 Å². The van der Waals surface area contributed by atoms with Crippen LogP contribution in [-0.4, -0.2) is 14.2 Å². The molecule has 0 aromatic heterocycles. The lowest BCUT2D eigenvalue weighted by atomic mass is 10.2. The van der Waals surface area contributed by atoms with E-state index in [1.54, 1.807) is 26.4 Å². The Balaban J connectivity index is 2.18. The van der Waals surface area contributed by atoms with Gasteiger partial charge in [0.25, 0.3) is 0 Å². The van der Waals surface area contributed by atoms with Gasteiger partial charge in [0, 0.05) is 16.7 Å². The van der Waals surface area contributed by atoms with Crippen LogP contribution in [0.15, 0.2) is 34.8 Å². The van der Waals surface area contributed by atoms with Gasteiger partial charge in [-0.3, -0.25) is 0 Å². The summed E-state index contributed by atoms with van der Waals surface area (Å²) >= 11 is 9.54. The Labute approximate surface area is 142 Å². The molecule has 0 atom stereocenters. The summed E-state index contributed by atoms with van der Waals surface area (Å²) in [6.45, 7) is 0.573. The van der Waals surface area contributed by atoms with Crippen molar-refractivity contribution in [3.63, 3.8) is 0 Å². The van der Waals surface area contributed by atoms with Crippen molar-refractivity contribution in [2.75, 3.05) is 19.5 Å². The molecule has 0 saturated heterocycles. The van der Waals surface area contributed by atoms with Gasteiger partial charge in [0.1, 0.15) is 6.07 Å². The summed E-state index contributed by atoms with van der Waals surface area (Å²) in [5.41, 5.74) is 2.31. The highest BCUT2D eigenvalue weighted by Crippen LogP contribution is 2.33. The van der Waals surface area contributed by atoms with Crippen molar-refractivity contribution in [3.05, 3.63) is 51.0 Å². The largest absolute Gasteiger partial charge is 0.493 e. The minimum Gasteiger partial charge on any atom is -0.493 e. The Morgan fingerprint density at radius 1 is 1.18 bits per heavy atom. The molecule has 2 aromatic rings. The minimum atomic E-state index is 0.430. The lowest BCUT2D eigenvalue weighted by molar-refractivity contribution is 0.354. The first-order chi connectivity index (χ1) is 10.6. The number of ether oxygens (including phenoxy) is 2. The van der Waals surface area contributed by atoms with E-state index in [1.165, 1.54) is 0 Å². The van der Waals surface area contributed by atoms with Gasteiger partial charge in [-0.05, 0) is 35.9 Å². The summed E-state index contributed by atoms with van der Waals surface area (Å²) in [4.78, 5) is 0. The lowest BCUT2D eigenvalue weighted by Gasteiger charge is -2.13. The maximum Gasteiger partial charge on any atom is 0.161 e. The quantitative estimate of drug-likeness (QED) is 0.822. The molecule has 0 fully saturated rings. The summed E-state index contributed by atoms with van der Waals surface area (Å²) < 4.78 is 11.5. The fourth-order valence-corrected chi connectivity index (χ4v) is 2.63. The summed E-state index contributed by atoms with van der Waals surface area (Å²) in [6, 6.07) is 11.0. The second kappa shape index (κ2) is 7.39. The van der Waals surface area contributed by atoms with E-state index in [1.807, 2.05) is 24.3 Å². The van der Waals surface area contributed by atoms with E-state index < -0.39 is 0 Å². The van der Waals surface area contributed by atoms with Gasteiger partial charge in [-0.15, -0.1) is 0 Å². The molecule has 0 unspecified atom stereocenters. The molecule has 1 N–H and O–H groups in total. The first kappa shape index (κ1) is 16.5. The second-order valence-electron chi connectivity index (χ2n) is 4.46. The van der Waals surface area contributed by atoms with E-state index in [9.17, 15) is 0 Å². The Kier molecular flexibility index (Phi) is 5.53. The maximum absolute atomic E-state index is 8.87. The first-order valence-corrected chi connectivity index (χ1v) is 7.60. The van der Waals surface area contributed by atoms with E-state index in [4.69, 9.17) is 26.3 Å². The molecule has 2 aromatic carbocycles. The molecule has 0 radical (unpaired) electrons. The molecule has 0 aliphatic rings.